The molecule has 7 heteroatoms. The number of hydrogen-bond acceptors (Lipinski definition) is 5. The van der Waals surface area contributed by atoms with Crippen molar-refractivity contribution in [2.24, 2.45) is 0 Å². The van der Waals surface area contributed by atoms with Gasteiger partial charge in [-0.3, -0.25) is 4.79 Å². The average Bonchev–Trinajstić information content (AvgIpc) is 2.96. The highest BCUT2D eigenvalue weighted by molar-refractivity contribution is 5.93. The minimum atomic E-state index is -0.0585. The Balaban J connectivity index is 1.80. The summed E-state index contributed by atoms with van der Waals surface area (Å²) in [5, 5.41) is 11.6. The molecule has 0 unspecified atom stereocenters. The Labute approximate surface area is 148 Å². The van der Waals surface area contributed by atoms with Crippen LogP contribution in [0, 0.1) is 6.92 Å². The molecule has 0 radical (unpaired) electrons. The Morgan fingerprint density at radius 3 is 2.68 bits per heavy atom. The molecular weight excluding hydrogens is 318 g/mol. The van der Waals surface area contributed by atoms with Crippen molar-refractivity contribution < 1.29 is 9.53 Å². The Kier molecular flexibility index (Phi) is 5.03. The topological polar surface area (TPSA) is 72.3 Å². The summed E-state index contributed by atoms with van der Waals surface area (Å²) >= 11 is 0. The molecule has 134 valence electrons. The van der Waals surface area contributed by atoms with Gasteiger partial charge in [0.2, 0.25) is 0 Å². The fourth-order valence-corrected chi connectivity index (χ4v) is 2.98. The summed E-state index contributed by atoms with van der Waals surface area (Å²) in [4.78, 5) is 14.6. The molecule has 2 aromatic rings. The number of hydrogen-bond donors (Lipinski definition) is 1. The maximum atomic E-state index is 12.7. The summed E-state index contributed by atoms with van der Waals surface area (Å²) < 4.78 is 7.35. The van der Waals surface area contributed by atoms with Gasteiger partial charge in [-0.05, 0) is 52.0 Å². The van der Waals surface area contributed by atoms with Gasteiger partial charge in [0.05, 0.1) is 17.5 Å². The van der Waals surface area contributed by atoms with Gasteiger partial charge in [-0.15, -0.1) is 5.10 Å². The third-order valence-corrected chi connectivity index (χ3v) is 4.21. The van der Waals surface area contributed by atoms with Crippen LogP contribution in [-0.2, 0) is 0 Å². The summed E-state index contributed by atoms with van der Waals surface area (Å²) in [6.45, 7) is 10.1. The van der Waals surface area contributed by atoms with Crippen LogP contribution in [0.1, 0.15) is 37.0 Å². The van der Waals surface area contributed by atoms with Crippen molar-refractivity contribution in [3.63, 3.8) is 0 Å². The van der Waals surface area contributed by atoms with Gasteiger partial charge < -0.3 is 15.0 Å². The molecule has 0 aliphatic carbocycles. The summed E-state index contributed by atoms with van der Waals surface area (Å²) in [6.07, 6.45) is 0.129. The number of aromatic nitrogens is 3. The van der Waals surface area contributed by atoms with E-state index in [0.717, 1.165) is 23.7 Å². The second kappa shape index (κ2) is 7.23. The first kappa shape index (κ1) is 17.4. The zero-order chi connectivity index (χ0) is 18.0. The van der Waals surface area contributed by atoms with Gasteiger partial charge >= 0.3 is 0 Å². The molecule has 1 N–H and O–H groups in total. The second-order valence-corrected chi connectivity index (χ2v) is 6.70. The van der Waals surface area contributed by atoms with E-state index in [1.807, 2.05) is 49.9 Å². The number of benzene rings is 1. The molecule has 0 bridgehead atoms. The lowest BCUT2D eigenvalue weighted by molar-refractivity contribution is 0.0702. The monoisotopic (exact) mass is 343 g/mol. The molecule has 7 nitrogen and oxygen atoms in total. The smallest absolute Gasteiger partial charge is 0.276 e. The van der Waals surface area contributed by atoms with Crippen LogP contribution in [-0.4, -0.2) is 57.6 Å². The Morgan fingerprint density at radius 2 is 2.04 bits per heavy atom. The lowest BCUT2D eigenvalue weighted by Crippen LogP contribution is -2.51. The minimum absolute atomic E-state index is 0.0585. The zero-order valence-electron chi connectivity index (χ0n) is 15.2. The van der Waals surface area contributed by atoms with E-state index in [-0.39, 0.29) is 12.0 Å². The molecule has 2 heterocycles. The quantitative estimate of drug-likeness (QED) is 0.916. The van der Waals surface area contributed by atoms with Crippen LogP contribution >= 0.6 is 0 Å². The van der Waals surface area contributed by atoms with E-state index in [1.165, 1.54) is 0 Å². The van der Waals surface area contributed by atoms with Crippen LogP contribution < -0.4 is 10.1 Å². The van der Waals surface area contributed by atoms with Crippen molar-refractivity contribution in [3.05, 3.63) is 35.7 Å². The van der Waals surface area contributed by atoms with Gasteiger partial charge in [0.25, 0.3) is 5.91 Å². The molecular formula is C18H25N5O2. The average molecular weight is 343 g/mol. The Hall–Kier alpha value is -2.41. The lowest BCUT2D eigenvalue weighted by atomic mass is 10.2. The summed E-state index contributed by atoms with van der Waals surface area (Å²) in [5.74, 6) is 0.750. The van der Waals surface area contributed by atoms with Gasteiger partial charge in [0.15, 0.2) is 5.69 Å². The first-order valence-corrected chi connectivity index (χ1v) is 8.67. The molecule has 1 aliphatic rings. The summed E-state index contributed by atoms with van der Waals surface area (Å²) in [6, 6.07) is 7.92. The highest BCUT2D eigenvalue weighted by Crippen LogP contribution is 2.19. The summed E-state index contributed by atoms with van der Waals surface area (Å²) in [7, 11) is 0. The number of piperazine rings is 1. The molecule has 1 aliphatic heterocycles. The molecule has 1 aromatic heterocycles. The van der Waals surface area contributed by atoms with Crippen molar-refractivity contribution in [1.82, 2.24) is 25.2 Å². The number of nitrogens with one attached hydrogen (secondary N) is 1. The highest BCUT2D eigenvalue weighted by Gasteiger charge is 2.26. The van der Waals surface area contributed by atoms with Crippen LogP contribution in [0.4, 0.5) is 0 Å². The minimum Gasteiger partial charge on any atom is -0.491 e. The fourth-order valence-electron chi connectivity index (χ4n) is 2.98. The van der Waals surface area contributed by atoms with E-state index in [0.29, 0.717) is 24.8 Å². The largest absolute Gasteiger partial charge is 0.491 e. The van der Waals surface area contributed by atoms with Gasteiger partial charge in [-0.2, -0.15) is 0 Å². The number of carbonyl (C=O) groups is 1. The van der Waals surface area contributed by atoms with Crippen LogP contribution in [0.3, 0.4) is 0 Å². The third kappa shape index (κ3) is 3.82. The van der Waals surface area contributed by atoms with Gasteiger partial charge in [-0.25, -0.2) is 4.68 Å². The number of nitrogens with zero attached hydrogens (tertiary/aromatic N) is 4. The first-order chi connectivity index (χ1) is 12.0. The molecule has 3 rings (SSSR count). The number of ether oxygens (including phenoxy) is 1. The number of rotatable bonds is 4. The Morgan fingerprint density at radius 1 is 1.32 bits per heavy atom. The van der Waals surface area contributed by atoms with Crippen LogP contribution in [0.15, 0.2) is 24.3 Å². The lowest BCUT2D eigenvalue weighted by Gasteiger charge is -2.31. The van der Waals surface area contributed by atoms with Gasteiger partial charge in [0, 0.05) is 25.7 Å². The highest BCUT2D eigenvalue weighted by atomic mass is 16.5. The second-order valence-electron chi connectivity index (χ2n) is 6.70. The van der Waals surface area contributed by atoms with E-state index in [1.54, 1.807) is 4.68 Å². The molecule has 1 amide bonds. The van der Waals surface area contributed by atoms with Crippen molar-refractivity contribution in [1.29, 1.82) is 0 Å². The van der Waals surface area contributed by atoms with Crippen LogP contribution in [0.25, 0.3) is 5.69 Å². The van der Waals surface area contributed by atoms with E-state index in [4.69, 9.17) is 4.74 Å². The van der Waals surface area contributed by atoms with Crippen LogP contribution in [0.2, 0.25) is 0 Å². The maximum Gasteiger partial charge on any atom is 0.276 e. The summed E-state index contributed by atoms with van der Waals surface area (Å²) in [5.41, 5.74) is 2.01. The molecule has 0 spiro atoms. The Bertz CT molecular complexity index is 738. The van der Waals surface area contributed by atoms with Crippen molar-refractivity contribution in [2.75, 3.05) is 19.6 Å². The van der Waals surface area contributed by atoms with E-state index in [2.05, 4.69) is 22.6 Å². The van der Waals surface area contributed by atoms with E-state index < -0.39 is 0 Å². The fraction of sp³-hybridized carbons (Fsp3) is 0.500. The molecule has 0 saturated carbocycles. The normalized spacial score (nSPS) is 17.8. The molecule has 1 aromatic carbocycles. The predicted octanol–water partition coefficient (Wildman–Crippen LogP) is 1.80. The van der Waals surface area contributed by atoms with Crippen molar-refractivity contribution in [3.8, 4) is 11.4 Å². The third-order valence-electron chi connectivity index (χ3n) is 4.21. The van der Waals surface area contributed by atoms with Crippen molar-refractivity contribution >= 4 is 5.91 Å². The SMILES string of the molecule is Cc1c(C(=O)N2CCN[C@@H](C)C2)nnn1-c1ccc(OC(C)C)cc1. The molecule has 25 heavy (non-hydrogen) atoms. The van der Waals surface area contributed by atoms with Gasteiger partial charge in [-0.1, -0.05) is 5.21 Å². The molecule has 1 atom stereocenters. The predicted molar refractivity (Wildman–Crippen MR) is 95.2 cm³/mol. The number of amides is 1. The zero-order valence-corrected chi connectivity index (χ0v) is 15.2. The van der Waals surface area contributed by atoms with Crippen molar-refractivity contribution in [2.45, 2.75) is 39.8 Å². The first-order valence-electron chi connectivity index (χ1n) is 8.67. The standard InChI is InChI=1S/C18H25N5O2/c1-12(2)25-16-7-5-15(6-8-16)23-14(4)17(20-21-23)18(24)22-10-9-19-13(3)11-22/h5-8,12-13,19H,9-11H2,1-4H3/t13-/m0/s1. The van der Waals surface area contributed by atoms with E-state index in [9.17, 15) is 4.79 Å². The molecule has 1 fully saturated rings. The number of carbonyl (C=O) groups excluding carboxylic acids is 1. The van der Waals surface area contributed by atoms with Crippen LogP contribution in [0.5, 0.6) is 5.75 Å². The van der Waals surface area contributed by atoms with Gasteiger partial charge in [0.1, 0.15) is 5.75 Å². The molecule has 1 saturated heterocycles. The maximum absolute atomic E-state index is 12.7. The van der Waals surface area contributed by atoms with E-state index >= 15 is 0 Å².